The van der Waals surface area contributed by atoms with Gasteiger partial charge in [-0.2, -0.15) is 0 Å². The van der Waals surface area contributed by atoms with Gasteiger partial charge in [-0.1, -0.05) is 18.2 Å². The number of nitrogens with one attached hydrogen (secondary N) is 1. The fourth-order valence-corrected chi connectivity index (χ4v) is 1.91. The third-order valence-electron chi connectivity index (χ3n) is 3.35. The highest BCUT2D eigenvalue weighted by molar-refractivity contribution is 5.98. The lowest BCUT2D eigenvalue weighted by Gasteiger charge is -2.23. The van der Waals surface area contributed by atoms with E-state index in [4.69, 9.17) is 5.73 Å². The predicted molar refractivity (Wildman–Crippen MR) is 66.3 cm³/mol. The molecule has 1 saturated carbocycles. The Balaban J connectivity index is 2.12. The van der Waals surface area contributed by atoms with Crippen molar-refractivity contribution in [3.8, 4) is 0 Å². The molecule has 0 spiro atoms. The van der Waals surface area contributed by atoms with Crippen LogP contribution in [0.15, 0.2) is 24.3 Å². The molecule has 4 N–H and O–H groups in total. The van der Waals surface area contributed by atoms with Crippen LogP contribution in [0.2, 0.25) is 0 Å². The molecule has 0 aliphatic heterocycles. The van der Waals surface area contributed by atoms with Crippen molar-refractivity contribution in [1.29, 1.82) is 0 Å². The lowest BCUT2D eigenvalue weighted by Crippen LogP contribution is -2.50. The topological polar surface area (TPSA) is 75.4 Å². The Morgan fingerprint density at radius 3 is 2.76 bits per heavy atom. The summed E-state index contributed by atoms with van der Waals surface area (Å²) in [4.78, 5) is 12.1. The van der Waals surface area contributed by atoms with Gasteiger partial charge in [-0.05, 0) is 31.7 Å². The minimum absolute atomic E-state index is 0.0961. The van der Waals surface area contributed by atoms with Crippen molar-refractivity contribution >= 4 is 11.6 Å². The summed E-state index contributed by atoms with van der Waals surface area (Å²) < 4.78 is 0. The molecule has 0 radical (unpaired) electrons. The van der Waals surface area contributed by atoms with E-state index in [-0.39, 0.29) is 18.4 Å². The number of rotatable bonds is 4. The van der Waals surface area contributed by atoms with Gasteiger partial charge in [0, 0.05) is 11.3 Å². The second-order valence-electron chi connectivity index (χ2n) is 4.83. The number of aliphatic hydroxyl groups is 1. The van der Waals surface area contributed by atoms with Gasteiger partial charge in [-0.3, -0.25) is 4.79 Å². The number of aliphatic hydroxyl groups excluding tert-OH is 1. The van der Waals surface area contributed by atoms with E-state index >= 15 is 0 Å². The largest absolute Gasteiger partial charge is 0.392 e. The molecule has 0 bridgehead atoms. The number of para-hydroxylation sites is 1. The van der Waals surface area contributed by atoms with E-state index in [0.717, 1.165) is 12.8 Å². The maximum atomic E-state index is 12.1. The SMILES string of the molecule is CC(N)(C(=O)Nc1ccccc1CO)C1CC1. The van der Waals surface area contributed by atoms with Gasteiger partial charge in [0.1, 0.15) is 0 Å². The molecule has 2 rings (SSSR count). The maximum Gasteiger partial charge on any atom is 0.244 e. The van der Waals surface area contributed by atoms with Crippen molar-refractivity contribution in [1.82, 2.24) is 0 Å². The Labute approximate surface area is 101 Å². The second-order valence-corrected chi connectivity index (χ2v) is 4.83. The first kappa shape index (κ1) is 12.1. The first-order valence-corrected chi connectivity index (χ1v) is 5.85. The Morgan fingerprint density at radius 1 is 1.53 bits per heavy atom. The molecule has 1 aliphatic carbocycles. The van der Waals surface area contributed by atoms with Crippen molar-refractivity contribution in [3.63, 3.8) is 0 Å². The number of anilines is 1. The average molecular weight is 234 g/mol. The van der Waals surface area contributed by atoms with Gasteiger partial charge in [0.25, 0.3) is 0 Å². The Kier molecular flexibility index (Phi) is 3.17. The zero-order valence-corrected chi connectivity index (χ0v) is 9.94. The number of benzene rings is 1. The summed E-state index contributed by atoms with van der Waals surface area (Å²) in [5.41, 5.74) is 6.55. The number of carbonyl (C=O) groups excluding carboxylic acids is 1. The number of amides is 1. The summed E-state index contributed by atoms with van der Waals surface area (Å²) in [6.45, 7) is 1.67. The van der Waals surface area contributed by atoms with Crippen molar-refractivity contribution in [2.45, 2.75) is 31.9 Å². The zero-order valence-electron chi connectivity index (χ0n) is 9.94. The first-order chi connectivity index (χ1) is 8.05. The van der Waals surface area contributed by atoms with Gasteiger partial charge in [0.2, 0.25) is 5.91 Å². The van der Waals surface area contributed by atoms with Crippen molar-refractivity contribution in [2.75, 3.05) is 5.32 Å². The van der Waals surface area contributed by atoms with E-state index in [1.807, 2.05) is 12.1 Å². The fourth-order valence-electron chi connectivity index (χ4n) is 1.91. The van der Waals surface area contributed by atoms with Crippen LogP contribution in [0.25, 0.3) is 0 Å². The van der Waals surface area contributed by atoms with Gasteiger partial charge in [-0.25, -0.2) is 0 Å². The van der Waals surface area contributed by atoms with E-state index in [2.05, 4.69) is 5.32 Å². The zero-order chi connectivity index (χ0) is 12.5. The lowest BCUT2D eigenvalue weighted by atomic mass is 9.96. The Bertz CT molecular complexity index is 425. The van der Waals surface area contributed by atoms with Crippen LogP contribution in [0.4, 0.5) is 5.69 Å². The molecule has 4 nitrogen and oxygen atoms in total. The minimum Gasteiger partial charge on any atom is -0.392 e. The third-order valence-corrected chi connectivity index (χ3v) is 3.35. The lowest BCUT2D eigenvalue weighted by molar-refractivity contribution is -0.121. The molecular formula is C13H18N2O2. The van der Waals surface area contributed by atoms with Crippen LogP contribution >= 0.6 is 0 Å². The number of hydrogen-bond donors (Lipinski definition) is 3. The molecule has 0 aromatic heterocycles. The maximum absolute atomic E-state index is 12.1. The van der Waals surface area contributed by atoms with Gasteiger partial charge < -0.3 is 16.2 Å². The molecule has 1 unspecified atom stereocenters. The second kappa shape index (κ2) is 4.47. The summed E-state index contributed by atoms with van der Waals surface area (Å²) >= 11 is 0. The van der Waals surface area contributed by atoms with Crippen molar-refractivity contribution < 1.29 is 9.90 Å². The molecule has 1 amide bonds. The Hall–Kier alpha value is -1.39. The molecule has 0 heterocycles. The summed E-state index contributed by atoms with van der Waals surface area (Å²) in [5.74, 6) is 0.102. The van der Waals surface area contributed by atoms with Crippen LogP contribution in [0.1, 0.15) is 25.3 Å². The molecule has 17 heavy (non-hydrogen) atoms. The molecular weight excluding hydrogens is 216 g/mol. The van der Waals surface area contributed by atoms with Crippen LogP contribution in [-0.4, -0.2) is 16.6 Å². The molecule has 0 saturated heterocycles. The molecule has 1 atom stereocenters. The van der Waals surface area contributed by atoms with Gasteiger partial charge in [0.05, 0.1) is 12.1 Å². The monoisotopic (exact) mass is 234 g/mol. The van der Waals surface area contributed by atoms with Crippen molar-refractivity contribution in [2.24, 2.45) is 11.7 Å². The summed E-state index contributed by atoms with van der Waals surface area (Å²) in [7, 11) is 0. The molecule has 1 fully saturated rings. The fraction of sp³-hybridized carbons (Fsp3) is 0.462. The third kappa shape index (κ3) is 2.48. The highest BCUT2D eigenvalue weighted by Gasteiger charge is 2.44. The number of nitrogens with two attached hydrogens (primary N) is 1. The minimum atomic E-state index is -0.817. The van der Waals surface area contributed by atoms with Gasteiger partial charge in [-0.15, -0.1) is 0 Å². The van der Waals surface area contributed by atoms with E-state index < -0.39 is 5.54 Å². The smallest absolute Gasteiger partial charge is 0.244 e. The van der Waals surface area contributed by atoms with Crippen molar-refractivity contribution in [3.05, 3.63) is 29.8 Å². The number of carbonyl (C=O) groups is 1. The van der Waals surface area contributed by atoms with Crippen LogP contribution in [-0.2, 0) is 11.4 Å². The molecule has 4 heteroatoms. The summed E-state index contributed by atoms with van der Waals surface area (Å²) in [6, 6.07) is 7.19. The highest BCUT2D eigenvalue weighted by Crippen LogP contribution is 2.38. The molecule has 92 valence electrons. The molecule has 1 aliphatic rings. The summed E-state index contributed by atoms with van der Waals surface area (Å²) in [6.07, 6.45) is 2.03. The number of hydrogen-bond acceptors (Lipinski definition) is 3. The van der Waals surface area contributed by atoms with Crippen LogP contribution in [0.3, 0.4) is 0 Å². The van der Waals surface area contributed by atoms with Crippen LogP contribution in [0.5, 0.6) is 0 Å². The first-order valence-electron chi connectivity index (χ1n) is 5.85. The quantitative estimate of drug-likeness (QED) is 0.733. The van der Waals surface area contributed by atoms with Crippen LogP contribution < -0.4 is 11.1 Å². The van der Waals surface area contributed by atoms with Gasteiger partial charge >= 0.3 is 0 Å². The average Bonchev–Trinajstić information content (AvgIpc) is 3.13. The van der Waals surface area contributed by atoms with E-state index in [1.54, 1.807) is 19.1 Å². The molecule has 1 aromatic carbocycles. The van der Waals surface area contributed by atoms with Gasteiger partial charge in [0.15, 0.2) is 0 Å². The van der Waals surface area contributed by atoms with E-state index in [9.17, 15) is 9.90 Å². The highest BCUT2D eigenvalue weighted by atomic mass is 16.3. The summed E-state index contributed by atoms with van der Waals surface area (Å²) in [5, 5.41) is 12.0. The Morgan fingerprint density at radius 2 is 2.18 bits per heavy atom. The standard InChI is InChI=1S/C13H18N2O2/c1-13(14,10-6-7-10)12(17)15-11-5-3-2-4-9(11)8-16/h2-5,10,16H,6-8,14H2,1H3,(H,15,17). The van der Waals surface area contributed by atoms with Crippen LogP contribution in [0, 0.1) is 5.92 Å². The van der Waals surface area contributed by atoms with E-state index in [0.29, 0.717) is 11.3 Å². The molecule has 1 aromatic rings. The normalized spacial score (nSPS) is 18.5. The van der Waals surface area contributed by atoms with E-state index in [1.165, 1.54) is 0 Å². The predicted octanol–water partition coefficient (Wildman–Crippen LogP) is 1.24.